The molecule has 0 aliphatic rings. The van der Waals surface area contributed by atoms with Gasteiger partial charge in [0.05, 0.1) is 6.61 Å². The summed E-state index contributed by atoms with van der Waals surface area (Å²) in [6.45, 7) is 2.16. The first kappa shape index (κ1) is 14.0. The van der Waals surface area contributed by atoms with E-state index in [-0.39, 0.29) is 5.97 Å². The summed E-state index contributed by atoms with van der Waals surface area (Å²) < 4.78 is 4.83. The van der Waals surface area contributed by atoms with E-state index in [0.717, 1.165) is 12.2 Å². The number of rotatable bonds is 7. The van der Waals surface area contributed by atoms with Crippen molar-refractivity contribution in [3.05, 3.63) is 30.1 Å². The molecule has 0 saturated heterocycles. The van der Waals surface area contributed by atoms with E-state index >= 15 is 0 Å². The molecule has 0 bridgehead atoms. The van der Waals surface area contributed by atoms with E-state index in [1.807, 2.05) is 18.3 Å². The average molecular weight is 254 g/mol. The van der Waals surface area contributed by atoms with E-state index in [1.54, 1.807) is 24.9 Å². The van der Waals surface area contributed by atoms with Gasteiger partial charge < -0.3 is 10.5 Å². The largest absolute Gasteiger partial charge is 0.465 e. The maximum atomic E-state index is 11.2. The Morgan fingerprint density at radius 1 is 1.65 bits per heavy atom. The molecule has 0 aromatic carbocycles. The van der Waals surface area contributed by atoms with E-state index in [9.17, 15) is 4.79 Å². The number of nitrogens with two attached hydrogens (primary N) is 1. The van der Waals surface area contributed by atoms with Crippen molar-refractivity contribution in [3.8, 4) is 0 Å². The smallest absolute Gasteiger partial charge is 0.323 e. The van der Waals surface area contributed by atoms with Crippen LogP contribution in [0.1, 0.15) is 12.5 Å². The first-order valence-corrected chi connectivity index (χ1v) is 6.78. The summed E-state index contributed by atoms with van der Waals surface area (Å²) >= 11 is 1.66. The first-order valence-electron chi connectivity index (χ1n) is 5.63. The fourth-order valence-corrected chi connectivity index (χ4v) is 2.20. The lowest BCUT2D eigenvalue weighted by atomic mass is 10.2. The van der Waals surface area contributed by atoms with Crippen LogP contribution in [-0.4, -0.2) is 35.1 Å². The number of nitrogens with zero attached hydrogens (tertiary/aromatic N) is 1. The lowest BCUT2D eigenvalue weighted by Crippen LogP contribution is -2.34. The molecule has 1 rings (SSSR count). The van der Waals surface area contributed by atoms with Crippen LogP contribution in [0.5, 0.6) is 0 Å². The van der Waals surface area contributed by atoms with Gasteiger partial charge in [-0.3, -0.25) is 9.78 Å². The van der Waals surface area contributed by atoms with Crippen LogP contribution in [0.25, 0.3) is 0 Å². The number of ether oxygens (including phenoxy) is 1. The fraction of sp³-hybridized carbons (Fsp3) is 0.500. The Hall–Kier alpha value is -1.07. The van der Waals surface area contributed by atoms with Crippen molar-refractivity contribution in [1.82, 2.24) is 4.98 Å². The summed E-state index contributed by atoms with van der Waals surface area (Å²) in [6, 6.07) is 3.44. The number of hydrogen-bond donors (Lipinski definition) is 1. The van der Waals surface area contributed by atoms with Crippen LogP contribution < -0.4 is 5.73 Å². The second kappa shape index (κ2) is 8.08. The van der Waals surface area contributed by atoms with Gasteiger partial charge in [0.25, 0.3) is 0 Å². The number of pyridine rings is 1. The minimum absolute atomic E-state index is 0.318. The van der Waals surface area contributed by atoms with Crippen LogP contribution in [0.15, 0.2) is 24.5 Å². The van der Waals surface area contributed by atoms with E-state index in [1.165, 1.54) is 5.56 Å². The van der Waals surface area contributed by atoms with E-state index in [4.69, 9.17) is 10.5 Å². The Balaban J connectivity index is 2.14. The van der Waals surface area contributed by atoms with Crippen LogP contribution >= 0.6 is 11.8 Å². The SMILES string of the molecule is CCOC(=O)C(N)CSCCc1cccnc1. The summed E-state index contributed by atoms with van der Waals surface area (Å²) in [5.74, 6) is 1.21. The minimum Gasteiger partial charge on any atom is -0.465 e. The van der Waals surface area contributed by atoms with Gasteiger partial charge in [-0.15, -0.1) is 0 Å². The molecular weight excluding hydrogens is 236 g/mol. The zero-order chi connectivity index (χ0) is 12.5. The highest BCUT2D eigenvalue weighted by Gasteiger charge is 2.13. The number of hydrogen-bond acceptors (Lipinski definition) is 5. The predicted molar refractivity (Wildman–Crippen MR) is 69.9 cm³/mol. The second-order valence-corrected chi connectivity index (χ2v) is 4.69. The molecule has 0 aliphatic heterocycles. The van der Waals surface area contributed by atoms with Gasteiger partial charge in [-0.25, -0.2) is 0 Å². The Bertz CT molecular complexity index is 333. The normalized spacial score (nSPS) is 12.1. The van der Waals surface area contributed by atoms with Crippen molar-refractivity contribution < 1.29 is 9.53 Å². The summed E-state index contributed by atoms with van der Waals surface area (Å²) in [6.07, 6.45) is 4.55. The number of esters is 1. The van der Waals surface area contributed by atoms with Gasteiger partial charge in [0.2, 0.25) is 0 Å². The average Bonchev–Trinajstić information content (AvgIpc) is 2.36. The topological polar surface area (TPSA) is 65.2 Å². The van der Waals surface area contributed by atoms with Crippen LogP contribution in [0, 0.1) is 0 Å². The molecule has 0 spiro atoms. The first-order chi connectivity index (χ1) is 8.24. The molecule has 1 aromatic rings. The summed E-state index contributed by atoms with van der Waals surface area (Å²) in [7, 11) is 0. The van der Waals surface area contributed by atoms with Crippen molar-refractivity contribution in [2.45, 2.75) is 19.4 Å². The number of carbonyl (C=O) groups is 1. The van der Waals surface area contributed by atoms with Gasteiger partial charge in [0.1, 0.15) is 6.04 Å². The van der Waals surface area contributed by atoms with Crippen molar-refractivity contribution in [1.29, 1.82) is 0 Å². The van der Waals surface area contributed by atoms with Gasteiger partial charge in [-0.2, -0.15) is 11.8 Å². The van der Waals surface area contributed by atoms with Crippen molar-refractivity contribution in [2.75, 3.05) is 18.1 Å². The van der Waals surface area contributed by atoms with E-state index < -0.39 is 6.04 Å². The molecule has 0 amide bonds. The molecule has 0 saturated carbocycles. The van der Waals surface area contributed by atoms with Gasteiger partial charge >= 0.3 is 5.97 Å². The Morgan fingerprint density at radius 3 is 3.12 bits per heavy atom. The molecule has 0 fully saturated rings. The molecule has 0 aliphatic carbocycles. The molecule has 1 heterocycles. The molecule has 1 atom stereocenters. The Kier molecular flexibility index (Phi) is 6.65. The lowest BCUT2D eigenvalue weighted by Gasteiger charge is -2.09. The van der Waals surface area contributed by atoms with Crippen LogP contribution in [0.4, 0.5) is 0 Å². The molecule has 94 valence electrons. The number of aromatic nitrogens is 1. The zero-order valence-electron chi connectivity index (χ0n) is 9.96. The van der Waals surface area contributed by atoms with Gasteiger partial charge in [0.15, 0.2) is 0 Å². The Labute approximate surface area is 106 Å². The van der Waals surface area contributed by atoms with E-state index in [2.05, 4.69) is 4.98 Å². The highest BCUT2D eigenvalue weighted by atomic mass is 32.2. The van der Waals surface area contributed by atoms with E-state index in [0.29, 0.717) is 12.4 Å². The predicted octanol–water partition coefficient (Wildman–Crippen LogP) is 1.25. The van der Waals surface area contributed by atoms with Crippen molar-refractivity contribution >= 4 is 17.7 Å². The lowest BCUT2D eigenvalue weighted by molar-refractivity contribution is -0.144. The van der Waals surface area contributed by atoms with Gasteiger partial charge in [-0.05, 0) is 30.7 Å². The summed E-state index contributed by atoms with van der Waals surface area (Å²) in [5, 5.41) is 0. The number of carbonyl (C=O) groups excluding carboxylic acids is 1. The zero-order valence-corrected chi connectivity index (χ0v) is 10.8. The molecule has 17 heavy (non-hydrogen) atoms. The highest BCUT2D eigenvalue weighted by Crippen LogP contribution is 2.07. The quantitative estimate of drug-likeness (QED) is 0.586. The molecular formula is C12H18N2O2S. The van der Waals surface area contributed by atoms with Crippen molar-refractivity contribution in [2.24, 2.45) is 5.73 Å². The molecule has 1 aromatic heterocycles. The van der Waals surface area contributed by atoms with Gasteiger partial charge in [-0.1, -0.05) is 6.07 Å². The monoisotopic (exact) mass is 254 g/mol. The molecule has 4 nitrogen and oxygen atoms in total. The molecule has 5 heteroatoms. The number of aryl methyl sites for hydroxylation is 1. The second-order valence-electron chi connectivity index (χ2n) is 3.54. The van der Waals surface area contributed by atoms with Crippen LogP contribution in [0.2, 0.25) is 0 Å². The van der Waals surface area contributed by atoms with Crippen LogP contribution in [-0.2, 0) is 16.0 Å². The highest BCUT2D eigenvalue weighted by molar-refractivity contribution is 7.99. The van der Waals surface area contributed by atoms with Crippen LogP contribution in [0.3, 0.4) is 0 Å². The molecule has 1 unspecified atom stereocenters. The third kappa shape index (κ3) is 5.70. The third-order valence-electron chi connectivity index (χ3n) is 2.14. The molecule has 0 radical (unpaired) electrons. The fourth-order valence-electron chi connectivity index (χ4n) is 1.26. The van der Waals surface area contributed by atoms with Gasteiger partial charge in [0, 0.05) is 18.1 Å². The standard InChI is InChI=1S/C12H18N2O2S/c1-2-16-12(15)11(13)9-17-7-5-10-4-3-6-14-8-10/h3-4,6,8,11H,2,5,7,9,13H2,1H3. The van der Waals surface area contributed by atoms with Crippen molar-refractivity contribution in [3.63, 3.8) is 0 Å². The molecule has 2 N–H and O–H groups in total. The number of thioether (sulfide) groups is 1. The summed E-state index contributed by atoms with van der Waals surface area (Å²) in [4.78, 5) is 15.3. The summed E-state index contributed by atoms with van der Waals surface area (Å²) in [5.41, 5.74) is 6.87. The Morgan fingerprint density at radius 2 is 2.47 bits per heavy atom. The maximum absolute atomic E-state index is 11.2. The maximum Gasteiger partial charge on any atom is 0.323 e. The minimum atomic E-state index is -0.520. The third-order valence-corrected chi connectivity index (χ3v) is 3.23.